The molecule has 0 heterocycles. The van der Waals surface area contributed by atoms with Crippen LogP contribution in [-0.2, 0) is 6.42 Å². The van der Waals surface area contributed by atoms with Gasteiger partial charge in [0.1, 0.15) is 5.75 Å². The van der Waals surface area contributed by atoms with Crippen molar-refractivity contribution in [2.45, 2.75) is 72.1 Å². The summed E-state index contributed by atoms with van der Waals surface area (Å²) < 4.78 is 0. The number of rotatable bonds is 8. The minimum Gasteiger partial charge on any atom is -0.507 e. The van der Waals surface area contributed by atoms with Crippen LogP contribution < -0.4 is 0 Å². The van der Waals surface area contributed by atoms with Crippen molar-refractivity contribution < 1.29 is 5.11 Å². The Morgan fingerprint density at radius 1 is 0.833 bits per heavy atom. The zero-order valence-electron chi connectivity index (χ0n) is 12.3. The summed E-state index contributed by atoms with van der Waals surface area (Å²) in [4.78, 5) is 0. The van der Waals surface area contributed by atoms with E-state index in [4.69, 9.17) is 0 Å². The van der Waals surface area contributed by atoms with Crippen LogP contribution >= 0.6 is 0 Å². The molecular weight excluding hydrogens is 220 g/mol. The van der Waals surface area contributed by atoms with E-state index >= 15 is 0 Å². The van der Waals surface area contributed by atoms with Crippen molar-refractivity contribution in [3.63, 3.8) is 0 Å². The number of benzene rings is 1. The standard InChI is InChI=1S/C17H28O/c1-4-5-6-7-8-9-10-11-16-12-14(2)17(18)15(3)13-16/h12-13,18H,4-11H2,1-3H3. The molecule has 0 fully saturated rings. The van der Waals surface area contributed by atoms with E-state index < -0.39 is 0 Å². The van der Waals surface area contributed by atoms with E-state index in [9.17, 15) is 5.11 Å². The topological polar surface area (TPSA) is 20.2 Å². The number of aryl methyl sites for hydroxylation is 3. The molecule has 0 unspecified atom stereocenters. The number of hydrogen-bond donors (Lipinski definition) is 1. The highest BCUT2D eigenvalue weighted by Gasteiger charge is 2.03. The fraction of sp³-hybridized carbons (Fsp3) is 0.647. The predicted octanol–water partition coefficient (Wildman–Crippen LogP) is 5.30. The third-order valence-corrected chi connectivity index (χ3v) is 3.62. The van der Waals surface area contributed by atoms with Gasteiger partial charge in [0.15, 0.2) is 0 Å². The van der Waals surface area contributed by atoms with Gasteiger partial charge >= 0.3 is 0 Å². The highest BCUT2D eigenvalue weighted by Crippen LogP contribution is 2.23. The van der Waals surface area contributed by atoms with Crippen LogP contribution in [0.3, 0.4) is 0 Å². The van der Waals surface area contributed by atoms with Crippen LogP contribution in [-0.4, -0.2) is 5.11 Å². The Morgan fingerprint density at radius 3 is 1.89 bits per heavy atom. The van der Waals surface area contributed by atoms with Crippen LogP contribution in [0.15, 0.2) is 12.1 Å². The molecule has 0 bridgehead atoms. The average Bonchev–Trinajstić information content (AvgIpc) is 2.34. The van der Waals surface area contributed by atoms with Gasteiger partial charge < -0.3 is 5.11 Å². The van der Waals surface area contributed by atoms with Crippen molar-refractivity contribution >= 4 is 0 Å². The molecule has 1 N–H and O–H groups in total. The molecule has 0 radical (unpaired) electrons. The summed E-state index contributed by atoms with van der Waals surface area (Å²) in [5.74, 6) is 0.457. The molecule has 1 rings (SSSR count). The minimum absolute atomic E-state index is 0.457. The van der Waals surface area contributed by atoms with E-state index in [1.807, 2.05) is 13.8 Å². The second kappa shape index (κ2) is 8.18. The van der Waals surface area contributed by atoms with Crippen LogP contribution in [0.5, 0.6) is 5.75 Å². The summed E-state index contributed by atoms with van der Waals surface area (Å²) in [5, 5.41) is 9.72. The van der Waals surface area contributed by atoms with Gasteiger partial charge in [0.25, 0.3) is 0 Å². The summed E-state index contributed by atoms with van der Waals surface area (Å²) >= 11 is 0. The van der Waals surface area contributed by atoms with Crippen LogP contribution in [0.1, 0.15) is 68.6 Å². The normalized spacial score (nSPS) is 10.8. The van der Waals surface area contributed by atoms with Crippen LogP contribution in [0.4, 0.5) is 0 Å². The highest BCUT2D eigenvalue weighted by molar-refractivity contribution is 5.42. The molecule has 0 atom stereocenters. The number of phenolic OH excluding ortho intramolecular Hbond substituents is 1. The molecule has 1 nitrogen and oxygen atoms in total. The van der Waals surface area contributed by atoms with E-state index in [0.717, 1.165) is 17.5 Å². The molecule has 0 aliphatic heterocycles. The maximum atomic E-state index is 9.72. The van der Waals surface area contributed by atoms with Gasteiger partial charge in [-0.05, 0) is 43.4 Å². The van der Waals surface area contributed by atoms with Crippen molar-refractivity contribution in [3.05, 3.63) is 28.8 Å². The first kappa shape index (κ1) is 15.1. The molecule has 1 heteroatoms. The largest absolute Gasteiger partial charge is 0.507 e. The predicted molar refractivity (Wildman–Crippen MR) is 79.3 cm³/mol. The molecule has 0 aliphatic carbocycles. The lowest BCUT2D eigenvalue weighted by atomic mass is 10.0. The fourth-order valence-electron chi connectivity index (χ4n) is 2.48. The Hall–Kier alpha value is -0.980. The molecule has 102 valence electrons. The SMILES string of the molecule is CCCCCCCCCc1cc(C)c(O)c(C)c1. The van der Waals surface area contributed by atoms with E-state index in [-0.39, 0.29) is 0 Å². The van der Waals surface area contributed by atoms with Crippen molar-refractivity contribution in [1.82, 2.24) is 0 Å². The van der Waals surface area contributed by atoms with Crippen molar-refractivity contribution in [1.29, 1.82) is 0 Å². The first-order valence-corrected chi connectivity index (χ1v) is 7.44. The van der Waals surface area contributed by atoms with Gasteiger partial charge in [-0.3, -0.25) is 0 Å². The van der Waals surface area contributed by atoms with E-state index in [1.54, 1.807) is 0 Å². The van der Waals surface area contributed by atoms with Crippen LogP contribution in [0.25, 0.3) is 0 Å². The van der Waals surface area contributed by atoms with Gasteiger partial charge in [0, 0.05) is 0 Å². The summed E-state index contributed by atoms with van der Waals surface area (Å²) in [5.41, 5.74) is 3.39. The number of hydrogen-bond acceptors (Lipinski definition) is 1. The Kier molecular flexibility index (Phi) is 6.85. The summed E-state index contributed by atoms with van der Waals surface area (Å²) in [7, 11) is 0. The zero-order chi connectivity index (χ0) is 13.4. The van der Waals surface area contributed by atoms with Gasteiger partial charge in [-0.25, -0.2) is 0 Å². The lowest BCUT2D eigenvalue weighted by Crippen LogP contribution is -1.90. The summed E-state index contributed by atoms with van der Waals surface area (Å²) in [6, 6.07) is 4.25. The fourth-order valence-corrected chi connectivity index (χ4v) is 2.48. The Labute approximate surface area is 112 Å². The second-order valence-electron chi connectivity index (χ2n) is 5.45. The average molecular weight is 248 g/mol. The Morgan fingerprint density at radius 2 is 1.33 bits per heavy atom. The number of unbranched alkanes of at least 4 members (excludes halogenated alkanes) is 6. The molecular formula is C17H28O. The molecule has 0 saturated carbocycles. The van der Waals surface area contributed by atoms with Crippen molar-refractivity contribution in [3.8, 4) is 5.75 Å². The minimum atomic E-state index is 0.457. The first-order chi connectivity index (χ1) is 8.65. The lowest BCUT2D eigenvalue weighted by molar-refractivity contribution is 0.466. The molecule has 0 amide bonds. The highest BCUT2D eigenvalue weighted by atomic mass is 16.3. The van der Waals surface area contributed by atoms with Gasteiger partial charge in [-0.15, -0.1) is 0 Å². The number of aromatic hydroxyl groups is 1. The molecule has 0 aliphatic rings. The van der Waals surface area contributed by atoms with E-state index in [1.165, 1.54) is 50.5 Å². The maximum Gasteiger partial charge on any atom is 0.121 e. The Bertz CT molecular complexity index is 332. The molecule has 1 aromatic rings. The molecule has 18 heavy (non-hydrogen) atoms. The Balaban J connectivity index is 2.23. The van der Waals surface area contributed by atoms with Crippen LogP contribution in [0, 0.1) is 13.8 Å². The van der Waals surface area contributed by atoms with E-state index in [0.29, 0.717) is 5.75 Å². The van der Waals surface area contributed by atoms with Crippen LogP contribution in [0.2, 0.25) is 0 Å². The zero-order valence-corrected chi connectivity index (χ0v) is 12.3. The summed E-state index contributed by atoms with van der Waals surface area (Å²) in [6.07, 6.45) is 10.6. The lowest BCUT2D eigenvalue weighted by Gasteiger charge is -2.08. The van der Waals surface area contributed by atoms with Crippen molar-refractivity contribution in [2.75, 3.05) is 0 Å². The van der Waals surface area contributed by atoms with Gasteiger partial charge in [-0.2, -0.15) is 0 Å². The molecule has 0 spiro atoms. The number of phenols is 1. The molecule has 0 aromatic heterocycles. The van der Waals surface area contributed by atoms with Gasteiger partial charge in [0.05, 0.1) is 0 Å². The third-order valence-electron chi connectivity index (χ3n) is 3.62. The molecule has 0 saturated heterocycles. The van der Waals surface area contributed by atoms with Crippen molar-refractivity contribution in [2.24, 2.45) is 0 Å². The summed E-state index contributed by atoms with van der Waals surface area (Å²) in [6.45, 7) is 6.22. The maximum absolute atomic E-state index is 9.72. The third kappa shape index (κ3) is 5.12. The first-order valence-electron chi connectivity index (χ1n) is 7.44. The second-order valence-corrected chi connectivity index (χ2v) is 5.45. The smallest absolute Gasteiger partial charge is 0.121 e. The van der Waals surface area contributed by atoms with Gasteiger partial charge in [-0.1, -0.05) is 57.6 Å². The van der Waals surface area contributed by atoms with Gasteiger partial charge in [0.2, 0.25) is 0 Å². The molecule has 1 aromatic carbocycles. The van der Waals surface area contributed by atoms with E-state index in [2.05, 4.69) is 19.1 Å². The quantitative estimate of drug-likeness (QED) is 0.619. The monoisotopic (exact) mass is 248 g/mol.